The van der Waals surface area contributed by atoms with Gasteiger partial charge < -0.3 is 14.8 Å². The van der Waals surface area contributed by atoms with Gasteiger partial charge in [0.25, 0.3) is 0 Å². The molecular formula is C17H27NO2. The van der Waals surface area contributed by atoms with E-state index in [1.165, 1.54) is 17.5 Å². The van der Waals surface area contributed by atoms with E-state index >= 15 is 0 Å². The van der Waals surface area contributed by atoms with Crippen LogP contribution in [-0.4, -0.2) is 33.0 Å². The summed E-state index contributed by atoms with van der Waals surface area (Å²) in [5.74, 6) is 0. The van der Waals surface area contributed by atoms with E-state index in [-0.39, 0.29) is 6.04 Å². The molecule has 2 rings (SSSR count). The molecule has 1 aliphatic heterocycles. The van der Waals surface area contributed by atoms with Crippen LogP contribution in [0.5, 0.6) is 0 Å². The highest BCUT2D eigenvalue weighted by atomic mass is 16.5. The minimum Gasteiger partial charge on any atom is -0.381 e. The zero-order chi connectivity index (χ0) is 14.2. The number of benzene rings is 1. The van der Waals surface area contributed by atoms with Crippen LogP contribution in [0.4, 0.5) is 0 Å². The second-order valence-corrected chi connectivity index (χ2v) is 5.48. The number of hydrogen-bond acceptors (Lipinski definition) is 3. The maximum Gasteiger partial charge on any atom is 0.0665 e. The van der Waals surface area contributed by atoms with E-state index < -0.39 is 0 Å². The molecule has 0 amide bonds. The third-order valence-corrected chi connectivity index (χ3v) is 3.94. The van der Waals surface area contributed by atoms with Crippen LogP contribution in [0.1, 0.15) is 43.4 Å². The van der Waals surface area contributed by atoms with Gasteiger partial charge in [-0.05, 0) is 37.4 Å². The SMILES string of the molecule is CCCc1ccc(C(COC2CCOCC2)NC)cc1. The van der Waals surface area contributed by atoms with Crippen LogP contribution in [0.15, 0.2) is 24.3 Å². The van der Waals surface area contributed by atoms with Crippen LogP contribution in [-0.2, 0) is 15.9 Å². The molecule has 20 heavy (non-hydrogen) atoms. The molecular weight excluding hydrogens is 250 g/mol. The maximum atomic E-state index is 6.03. The summed E-state index contributed by atoms with van der Waals surface area (Å²) < 4.78 is 11.4. The number of rotatable bonds is 7. The van der Waals surface area contributed by atoms with Crippen molar-refractivity contribution in [2.24, 2.45) is 0 Å². The summed E-state index contributed by atoms with van der Waals surface area (Å²) in [4.78, 5) is 0. The van der Waals surface area contributed by atoms with Crippen molar-refractivity contribution in [3.8, 4) is 0 Å². The molecule has 1 N–H and O–H groups in total. The van der Waals surface area contributed by atoms with Crippen molar-refractivity contribution < 1.29 is 9.47 Å². The fourth-order valence-corrected chi connectivity index (χ4v) is 2.63. The van der Waals surface area contributed by atoms with E-state index in [0.29, 0.717) is 6.10 Å². The van der Waals surface area contributed by atoms with E-state index in [9.17, 15) is 0 Å². The highest BCUT2D eigenvalue weighted by Gasteiger charge is 2.17. The summed E-state index contributed by atoms with van der Waals surface area (Å²) in [5, 5.41) is 3.35. The molecule has 1 heterocycles. The van der Waals surface area contributed by atoms with Crippen LogP contribution in [0.3, 0.4) is 0 Å². The molecule has 1 unspecified atom stereocenters. The molecule has 1 aromatic carbocycles. The molecule has 3 nitrogen and oxygen atoms in total. The summed E-state index contributed by atoms with van der Waals surface area (Å²) in [6.45, 7) is 4.61. The zero-order valence-electron chi connectivity index (χ0n) is 12.7. The lowest BCUT2D eigenvalue weighted by atomic mass is 10.0. The number of nitrogens with one attached hydrogen (secondary N) is 1. The first kappa shape index (κ1) is 15.5. The fourth-order valence-electron chi connectivity index (χ4n) is 2.63. The average molecular weight is 277 g/mol. The van der Waals surface area contributed by atoms with E-state index in [0.717, 1.165) is 39.1 Å². The topological polar surface area (TPSA) is 30.5 Å². The Morgan fingerprint density at radius 2 is 1.95 bits per heavy atom. The third-order valence-electron chi connectivity index (χ3n) is 3.94. The van der Waals surface area contributed by atoms with Gasteiger partial charge in [0, 0.05) is 13.2 Å². The van der Waals surface area contributed by atoms with Gasteiger partial charge in [-0.2, -0.15) is 0 Å². The number of ether oxygens (including phenoxy) is 2. The van der Waals surface area contributed by atoms with Gasteiger partial charge in [-0.1, -0.05) is 37.6 Å². The van der Waals surface area contributed by atoms with Crippen molar-refractivity contribution in [3.05, 3.63) is 35.4 Å². The van der Waals surface area contributed by atoms with Gasteiger partial charge in [-0.3, -0.25) is 0 Å². The minimum absolute atomic E-state index is 0.272. The first-order valence-electron chi connectivity index (χ1n) is 7.79. The van der Waals surface area contributed by atoms with Crippen molar-refractivity contribution in [1.82, 2.24) is 5.32 Å². The Balaban J connectivity index is 1.86. The molecule has 0 spiro atoms. The van der Waals surface area contributed by atoms with Crippen LogP contribution in [0, 0.1) is 0 Å². The highest BCUT2D eigenvalue weighted by molar-refractivity contribution is 5.25. The van der Waals surface area contributed by atoms with Gasteiger partial charge in [0.1, 0.15) is 0 Å². The smallest absolute Gasteiger partial charge is 0.0665 e. The average Bonchev–Trinajstić information content (AvgIpc) is 2.51. The third kappa shape index (κ3) is 4.58. The summed E-state index contributed by atoms with van der Waals surface area (Å²) in [7, 11) is 2.00. The summed E-state index contributed by atoms with van der Waals surface area (Å²) >= 11 is 0. The Hall–Kier alpha value is -0.900. The zero-order valence-corrected chi connectivity index (χ0v) is 12.7. The quantitative estimate of drug-likeness (QED) is 0.831. The Kier molecular flexibility index (Phi) is 6.51. The monoisotopic (exact) mass is 277 g/mol. The Morgan fingerprint density at radius 3 is 2.55 bits per heavy atom. The van der Waals surface area contributed by atoms with Crippen LogP contribution < -0.4 is 5.32 Å². The van der Waals surface area contributed by atoms with E-state index in [1.807, 2.05) is 7.05 Å². The predicted molar refractivity (Wildman–Crippen MR) is 82.0 cm³/mol. The largest absolute Gasteiger partial charge is 0.381 e. The summed E-state index contributed by atoms with van der Waals surface area (Å²) in [5.41, 5.74) is 2.72. The second kappa shape index (κ2) is 8.40. The van der Waals surface area contributed by atoms with Gasteiger partial charge in [0.2, 0.25) is 0 Å². The molecule has 112 valence electrons. The molecule has 0 bridgehead atoms. The molecule has 1 atom stereocenters. The second-order valence-electron chi connectivity index (χ2n) is 5.48. The van der Waals surface area contributed by atoms with E-state index in [4.69, 9.17) is 9.47 Å². The van der Waals surface area contributed by atoms with Crippen LogP contribution in [0.2, 0.25) is 0 Å². The van der Waals surface area contributed by atoms with Crippen molar-refractivity contribution in [1.29, 1.82) is 0 Å². The number of hydrogen-bond donors (Lipinski definition) is 1. The van der Waals surface area contributed by atoms with Gasteiger partial charge >= 0.3 is 0 Å². The Morgan fingerprint density at radius 1 is 1.25 bits per heavy atom. The number of likely N-dealkylation sites (N-methyl/N-ethyl adjacent to an activating group) is 1. The van der Waals surface area contributed by atoms with Crippen LogP contribution in [0.25, 0.3) is 0 Å². The normalized spacial score (nSPS) is 18.1. The van der Waals surface area contributed by atoms with Gasteiger partial charge in [0.15, 0.2) is 0 Å². The fraction of sp³-hybridized carbons (Fsp3) is 0.647. The predicted octanol–water partition coefficient (Wildman–Crippen LogP) is 3.10. The first-order chi connectivity index (χ1) is 9.83. The molecule has 1 saturated heterocycles. The number of aryl methyl sites for hydroxylation is 1. The lowest BCUT2D eigenvalue weighted by molar-refractivity contribution is -0.0378. The standard InChI is InChI=1S/C17H27NO2/c1-3-4-14-5-7-15(8-6-14)17(18-2)13-20-16-9-11-19-12-10-16/h5-8,16-18H,3-4,9-13H2,1-2H3. The molecule has 0 aromatic heterocycles. The van der Waals surface area contributed by atoms with Crippen molar-refractivity contribution >= 4 is 0 Å². The van der Waals surface area contributed by atoms with E-state index in [1.54, 1.807) is 0 Å². The van der Waals surface area contributed by atoms with Gasteiger partial charge in [-0.15, -0.1) is 0 Å². The lowest BCUT2D eigenvalue weighted by Gasteiger charge is -2.25. The molecule has 1 aromatic rings. The van der Waals surface area contributed by atoms with Gasteiger partial charge in [0.05, 0.1) is 18.8 Å². The first-order valence-corrected chi connectivity index (χ1v) is 7.79. The molecule has 0 saturated carbocycles. The van der Waals surface area contributed by atoms with E-state index in [2.05, 4.69) is 36.5 Å². The Labute approximate surface area is 122 Å². The highest BCUT2D eigenvalue weighted by Crippen LogP contribution is 2.18. The molecule has 3 heteroatoms. The molecule has 1 fully saturated rings. The van der Waals surface area contributed by atoms with Crippen molar-refractivity contribution in [2.75, 3.05) is 26.9 Å². The van der Waals surface area contributed by atoms with Crippen LogP contribution >= 0.6 is 0 Å². The van der Waals surface area contributed by atoms with Gasteiger partial charge in [-0.25, -0.2) is 0 Å². The lowest BCUT2D eigenvalue weighted by Crippen LogP contribution is -2.28. The van der Waals surface area contributed by atoms with Crippen molar-refractivity contribution in [3.63, 3.8) is 0 Å². The summed E-state index contributed by atoms with van der Waals surface area (Å²) in [6, 6.07) is 9.18. The summed E-state index contributed by atoms with van der Waals surface area (Å²) in [6.07, 6.45) is 4.75. The molecule has 0 aliphatic carbocycles. The maximum absolute atomic E-state index is 6.03. The molecule has 1 aliphatic rings. The Bertz CT molecular complexity index is 371. The molecule has 0 radical (unpaired) electrons. The minimum atomic E-state index is 0.272. The van der Waals surface area contributed by atoms with Crippen molar-refractivity contribution in [2.45, 2.75) is 44.8 Å².